The number of hydrogen-bond donors (Lipinski definition) is 6. The Morgan fingerprint density at radius 3 is 1.01 bits per heavy atom. The first kappa shape index (κ1) is 92.9. The molecule has 12 aromatic rings. The Balaban J connectivity index is 0.000000153. The summed E-state index contributed by atoms with van der Waals surface area (Å²) in [6.07, 6.45) is 5.73. The van der Waals surface area contributed by atoms with Crippen molar-refractivity contribution in [2.24, 2.45) is 0 Å². The molecule has 0 saturated carbocycles. The van der Waals surface area contributed by atoms with E-state index in [0.29, 0.717) is 235 Å². The molecule has 3 amide bonds. The summed E-state index contributed by atoms with van der Waals surface area (Å²) in [5.41, 5.74) is 8.04. The number of rotatable bonds is 28. The summed E-state index contributed by atoms with van der Waals surface area (Å²) in [6.45, 7) is 40.9. The Morgan fingerprint density at radius 2 is 0.714 bits per heavy atom. The molecule has 3 saturated heterocycles. The van der Waals surface area contributed by atoms with Crippen molar-refractivity contribution in [3.8, 4) is 68.5 Å². The van der Waals surface area contributed by atoms with Gasteiger partial charge in [0.15, 0.2) is 45.4 Å². The van der Waals surface area contributed by atoms with Gasteiger partial charge >= 0.3 is 0 Å². The van der Waals surface area contributed by atoms with Gasteiger partial charge in [0.1, 0.15) is 46.3 Å². The lowest BCUT2D eigenvalue weighted by Crippen LogP contribution is -2.48. The SMILES string of the molecule is CCCc1nc(C)c2c(=O)[nH]c(-c3cc(C(=O)N4CCN(C)CC4)ccc3OCC)nn12.CCCc1nc(C)c2c(=O)[nH]c(-c3cc(C(=O)N4CCN(CC)CC4)ccc3OCC)nn12.CCCc1nc(C)c2c(=O)[nH]c(-c3cc(C(=O)N4CCOCC4)ccc3OCC)nn12.CCCc1nc(C)c2c(=O)[nH]c(-c3cc(C(O)CNC(C)C)ccc3OCC)nn12. The number of ether oxygens (including phenoxy) is 5. The maximum atomic E-state index is 13.2. The third-order valence-electron chi connectivity index (χ3n) is 22.1. The zero-order valence-corrected chi connectivity index (χ0v) is 75.4. The zero-order chi connectivity index (χ0) is 90.2. The monoisotopic (exact) mass is 1730 g/mol. The number of aliphatic hydroxyl groups is 1. The first-order valence-electron chi connectivity index (χ1n) is 44.1. The van der Waals surface area contributed by atoms with Crippen molar-refractivity contribution in [1.29, 1.82) is 0 Å². The van der Waals surface area contributed by atoms with Crippen LogP contribution in [0.2, 0.25) is 0 Å². The molecule has 1 atom stereocenters. The number of H-pyrrole nitrogens is 4. The van der Waals surface area contributed by atoms with Crippen LogP contribution in [0.3, 0.4) is 0 Å². The summed E-state index contributed by atoms with van der Waals surface area (Å²) in [7, 11) is 2.06. The van der Waals surface area contributed by atoms with E-state index in [4.69, 9.17) is 33.9 Å². The molecule has 8 aromatic heterocycles. The fraction of sp³-hybridized carbons (Fsp3) is 0.484. The van der Waals surface area contributed by atoms with Gasteiger partial charge in [-0.05, 0) is 167 Å². The molecule has 0 spiro atoms. The molecule has 672 valence electrons. The molecule has 35 nitrogen and oxygen atoms in total. The molecular formula is C91H120N22O13. The number of nitrogens with zero attached hydrogens (tertiary/aromatic N) is 17. The first-order chi connectivity index (χ1) is 60.8. The number of carbonyl (C=O) groups excluding carboxylic acids is 3. The van der Waals surface area contributed by atoms with E-state index in [2.05, 4.69) is 107 Å². The molecule has 3 aliphatic heterocycles. The number of fused-ring (bicyclic) bond motifs is 4. The highest BCUT2D eigenvalue weighted by molar-refractivity contribution is 5.97. The number of aliphatic hydroxyl groups excluding tert-OH is 1. The fourth-order valence-corrected chi connectivity index (χ4v) is 15.6. The van der Waals surface area contributed by atoms with Crippen molar-refractivity contribution in [2.45, 2.75) is 167 Å². The van der Waals surface area contributed by atoms with E-state index >= 15 is 0 Å². The summed E-state index contributed by atoms with van der Waals surface area (Å²) in [5, 5.41) is 32.6. The summed E-state index contributed by atoms with van der Waals surface area (Å²) in [4.78, 5) is 131. The van der Waals surface area contributed by atoms with E-state index in [1.54, 1.807) is 84.5 Å². The van der Waals surface area contributed by atoms with Gasteiger partial charge in [0.2, 0.25) is 0 Å². The smallest absolute Gasteiger partial charge is 0.277 e. The highest BCUT2D eigenvalue weighted by Gasteiger charge is 2.29. The van der Waals surface area contributed by atoms with Crippen LogP contribution in [-0.4, -0.2) is 257 Å². The van der Waals surface area contributed by atoms with Gasteiger partial charge in [-0.25, -0.2) is 38.0 Å². The molecule has 0 bridgehead atoms. The Hall–Kier alpha value is -12.3. The molecule has 3 fully saturated rings. The van der Waals surface area contributed by atoms with Crippen LogP contribution in [0, 0.1) is 27.7 Å². The van der Waals surface area contributed by atoms with E-state index < -0.39 is 6.10 Å². The average Bonchev–Trinajstić information content (AvgIpc) is 1.54. The standard InChI is InChI=1S/C24H32N6O3.C23H30N6O3.C22H27N5O4.C22H31N5O3/c1-5-8-20-25-16(4)21-23(31)26-22(27-30(20)21)18-15-17(9-10-19(18)33-7-3)24(32)29-13-11-28(6-2)12-14-29;1-5-7-19-24-15(3)20-22(30)25-21(26-29(19)20)17-14-16(8-9-18(17)32-6-2)23(31)28-12-10-27(4)11-13-28;1-4-6-18-23-14(3)19-21(28)24-20(25-27(18)19)16-13-15(7-8-17(16)31-5-2)22(29)26-9-11-30-12-10-26;1-6-8-19-24-14(5)20-22(29)25-21(26-27(19)20)16-11-15(9-10-18(16)30-7-2)17(28)12-23-13(3)4/h9-10,15H,5-8,11-14H2,1-4H3,(H,26,27,31);8-9,14H,5-7,10-13H2,1-4H3,(H,25,26,30);7-8,13H,4-6,9-12H2,1-3H3,(H,24,25,28);9-11,13,17,23,28H,6-8,12H2,1-5H3,(H,25,26,29). The predicted octanol–water partition coefficient (Wildman–Crippen LogP) is 9.65. The van der Waals surface area contributed by atoms with Crippen LogP contribution in [0.1, 0.15) is 191 Å². The maximum absolute atomic E-state index is 13.2. The third kappa shape index (κ3) is 21.1. The van der Waals surface area contributed by atoms with Gasteiger partial charge in [-0.1, -0.05) is 54.5 Å². The fourth-order valence-electron chi connectivity index (χ4n) is 15.6. The minimum Gasteiger partial charge on any atom is -0.493 e. The summed E-state index contributed by atoms with van der Waals surface area (Å²) in [6, 6.07) is 21.6. The van der Waals surface area contributed by atoms with E-state index in [9.17, 15) is 38.7 Å². The molecule has 3 aliphatic rings. The predicted molar refractivity (Wildman–Crippen MR) is 482 cm³/mol. The molecule has 15 rings (SSSR count). The largest absolute Gasteiger partial charge is 0.493 e. The number of nitrogens with one attached hydrogen (secondary N) is 5. The third-order valence-corrected chi connectivity index (χ3v) is 22.1. The second-order valence-electron chi connectivity index (χ2n) is 31.6. The Morgan fingerprint density at radius 1 is 0.421 bits per heavy atom. The van der Waals surface area contributed by atoms with Gasteiger partial charge in [0.25, 0.3) is 40.0 Å². The van der Waals surface area contributed by atoms with Gasteiger partial charge < -0.3 is 78.5 Å². The van der Waals surface area contributed by atoms with Crippen molar-refractivity contribution in [3.63, 3.8) is 0 Å². The molecule has 126 heavy (non-hydrogen) atoms. The van der Waals surface area contributed by atoms with E-state index in [-0.39, 0.29) is 46.0 Å². The van der Waals surface area contributed by atoms with E-state index in [0.717, 1.165) is 93.7 Å². The number of carbonyl (C=O) groups is 3. The average molecular weight is 1730 g/mol. The molecule has 6 N–H and O–H groups in total. The molecule has 11 heterocycles. The summed E-state index contributed by atoms with van der Waals surface area (Å²) >= 11 is 0. The number of hydrogen-bond acceptors (Lipinski definition) is 24. The lowest BCUT2D eigenvalue weighted by Gasteiger charge is -2.34. The number of likely N-dealkylation sites (N-methyl/N-ethyl adjacent to an activating group) is 2. The number of benzene rings is 4. The minimum absolute atomic E-state index is 0.0244. The van der Waals surface area contributed by atoms with Gasteiger partial charge in [0.05, 0.1) is 90.8 Å². The highest BCUT2D eigenvalue weighted by Crippen LogP contribution is 2.35. The van der Waals surface area contributed by atoms with Gasteiger partial charge in [-0.2, -0.15) is 0 Å². The number of morpholine rings is 1. The van der Waals surface area contributed by atoms with Crippen LogP contribution >= 0.6 is 0 Å². The number of piperazine rings is 2. The quantitative estimate of drug-likeness (QED) is 0.0265. The Labute approximate surface area is 731 Å². The van der Waals surface area contributed by atoms with E-state index in [1.165, 1.54) is 0 Å². The van der Waals surface area contributed by atoms with Crippen molar-refractivity contribution >= 4 is 39.8 Å². The topological polar surface area (TPSA) is 398 Å². The van der Waals surface area contributed by atoms with Crippen molar-refractivity contribution < 1.29 is 43.2 Å². The number of aromatic nitrogens is 16. The van der Waals surface area contributed by atoms with Crippen LogP contribution in [0.5, 0.6) is 23.0 Å². The van der Waals surface area contributed by atoms with Crippen LogP contribution in [0.25, 0.3) is 67.6 Å². The van der Waals surface area contributed by atoms with Crippen molar-refractivity contribution in [1.82, 2.24) is 108 Å². The summed E-state index contributed by atoms with van der Waals surface area (Å²) in [5.74, 6) is 6.58. The van der Waals surface area contributed by atoms with Crippen molar-refractivity contribution in [3.05, 3.63) is 183 Å². The highest BCUT2D eigenvalue weighted by atomic mass is 16.5. The molecular weight excluding hydrogens is 1610 g/mol. The second-order valence-corrected chi connectivity index (χ2v) is 31.6. The van der Waals surface area contributed by atoms with Crippen molar-refractivity contribution in [2.75, 3.05) is 125 Å². The molecule has 0 radical (unpaired) electrons. The zero-order valence-electron chi connectivity index (χ0n) is 75.4. The maximum Gasteiger partial charge on any atom is 0.277 e. The Kier molecular flexibility index (Phi) is 31.4. The van der Waals surface area contributed by atoms with Crippen LogP contribution in [0.4, 0.5) is 0 Å². The van der Waals surface area contributed by atoms with Gasteiger partial charge in [-0.15, -0.1) is 20.4 Å². The van der Waals surface area contributed by atoms with Gasteiger partial charge in [-0.3, -0.25) is 33.6 Å². The van der Waals surface area contributed by atoms with Crippen LogP contribution in [-0.2, 0) is 30.4 Å². The van der Waals surface area contributed by atoms with Crippen LogP contribution in [0.15, 0.2) is 92.0 Å². The molecule has 1 unspecified atom stereocenters. The molecule has 0 aliphatic carbocycles. The lowest BCUT2D eigenvalue weighted by atomic mass is 10.0. The minimum atomic E-state index is -0.691. The lowest BCUT2D eigenvalue weighted by molar-refractivity contribution is 0.0303. The normalized spacial score (nSPS) is 14.1. The number of aromatic amines is 4. The molecule has 35 heteroatoms. The summed E-state index contributed by atoms with van der Waals surface area (Å²) < 4.78 is 35.0. The van der Waals surface area contributed by atoms with Gasteiger partial charge in [0, 0.05) is 120 Å². The molecule has 4 aromatic carbocycles. The number of amides is 3. The van der Waals surface area contributed by atoms with Crippen LogP contribution < -0.4 is 46.5 Å². The number of aryl methyl sites for hydroxylation is 8. The Bertz CT molecular complexity index is 6090. The van der Waals surface area contributed by atoms with E-state index in [1.807, 2.05) is 90.3 Å². The first-order valence-corrected chi connectivity index (χ1v) is 44.1. The second kappa shape index (κ2) is 42.6. The number of imidazole rings is 4.